The standard InChI is InChI=1S/C20H17N2O/c1-3-7-18(8-4-1)23-19-9-10-20-16(14-19)13-17(21-20)15-22-11-5-2-6-12-22/h1-14,21H,15H2/q+1. The topological polar surface area (TPSA) is 28.9 Å². The number of H-pyrrole nitrogens is 1. The van der Waals surface area contributed by atoms with Crippen molar-refractivity contribution < 1.29 is 9.30 Å². The molecule has 0 amide bonds. The molecular formula is C20H17N2O+. The van der Waals surface area contributed by atoms with Gasteiger partial charge in [0.2, 0.25) is 0 Å². The molecule has 0 spiro atoms. The SMILES string of the molecule is c1ccc(Oc2ccc3[nH]c(C[n+]4ccccc4)cc3c2)cc1. The van der Waals surface area contributed by atoms with E-state index in [9.17, 15) is 0 Å². The summed E-state index contributed by atoms with van der Waals surface area (Å²) in [6, 6.07) is 24.2. The molecule has 0 saturated carbocycles. The normalized spacial score (nSPS) is 10.8. The Morgan fingerprint density at radius 2 is 1.57 bits per heavy atom. The predicted octanol–water partition coefficient (Wildman–Crippen LogP) is 4.30. The molecule has 3 nitrogen and oxygen atoms in total. The number of aromatic amines is 1. The van der Waals surface area contributed by atoms with Crippen molar-refractivity contribution in [1.29, 1.82) is 0 Å². The highest BCUT2D eigenvalue weighted by atomic mass is 16.5. The summed E-state index contributed by atoms with van der Waals surface area (Å²) >= 11 is 0. The van der Waals surface area contributed by atoms with E-state index in [2.05, 4.69) is 40.1 Å². The van der Waals surface area contributed by atoms with E-state index < -0.39 is 0 Å². The zero-order valence-electron chi connectivity index (χ0n) is 12.6. The fourth-order valence-electron chi connectivity index (χ4n) is 2.68. The fourth-order valence-corrected chi connectivity index (χ4v) is 2.68. The molecule has 0 aliphatic carbocycles. The minimum absolute atomic E-state index is 0.824. The molecule has 1 N–H and O–H groups in total. The minimum atomic E-state index is 0.824. The highest BCUT2D eigenvalue weighted by molar-refractivity contribution is 5.82. The Kier molecular flexibility index (Phi) is 3.53. The van der Waals surface area contributed by atoms with Crippen molar-refractivity contribution in [2.24, 2.45) is 0 Å². The van der Waals surface area contributed by atoms with Crippen LogP contribution in [0.4, 0.5) is 0 Å². The number of rotatable bonds is 4. The van der Waals surface area contributed by atoms with Gasteiger partial charge in [-0.3, -0.25) is 0 Å². The van der Waals surface area contributed by atoms with Crippen molar-refractivity contribution in [1.82, 2.24) is 4.98 Å². The summed E-state index contributed by atoms with van der Waals surface area (Å²) < 4.78 is 8.04. The van der Waals surface area contributed by atoms with E-state index in [4.69, 9.17) is 4.74 Å². The van der Waals surface area contributed by atoms with Crippen LogP contribution in [0.15, 0.2) is 85.2 Å². The number of ether oxygens (including phenoxy) is 1. The van der Waals surface area contributed by atoms with Gasteiger partial charge in [0.1, 0.15) is 11.5 Å². The Balaban J connectivity index is 1.59. The summed E-state index contributed by atoms with van der Waals surface area (Å²) in [6.07, 6.45) is 4.13. The van der Waals surface area contributed by atoms with Crippen LogP contribution in [0.1, 0.15) is 5.69 Å². The summed E-state index contributed by atoms with van der Waals surface area (Å²) in [5.41, 5.74) is 2.30. The van der Waals surface area contributed by atoms with Crippen molar-refractivity contribution in [3.63, 3.8) is 0 Å². The lowest BCUT2D eigenvalue weighted by Crippen LogP contribution is -2.32. The van der Waals surface area contributed by atoms with Crippen molar-refractivity contribution in [3.05, 3.63) is 90.9 Å². The fraction of sp³-hybridized carbons (Fsp3) is 0.0500. The van der Waals surface area contributed by atoms with Crippen LogP contribution in [-0.4, -0.2) is 4.98 Å². The largest absolute Gasteiger partial charge is 0.457 e. The second kappa shape index (κ2) is 5.97. The molecule has 0 atom stereocenters. The summed E-state index contributed by atoms with van der Waals surface area (Å²) in [7, 11) is 0. The van der Waals surface area contributed by atoms with Crippen LogP contribution in [0.2, 0.25) is 0 Å². The van der Waals surface area contributed by atoms with Gasteiger partial charge in [-0.25, -0.2) is 0 Å². The van der Waals surface area contributed by atoms with Crippen molar-refractivity contribution in [2.45, 2.75) is 6.54 Å². The van der Waals surface area contributed by atoms with Gasteiger partial charge in [-0.05, 0) is 36.4 Å². The Hall–Kier alpha value is -3.07. The van der Waals surface area contributed by atoms with Gasteiger partial charge in [0.25, 0.3) is 0 Å². The van der Waals surface area contributed by atoms with Crippen molar-refractivity contribution in [2.75, 3.05) is 0 Å². The van der Waals surface area contributed by atoms with Gasteiger partial charge >= 0.3 is 0 Å². The van der Waals surface area contributed by atoms with Crippen LogP contribution < -0.4 is 9.30 Å². The van der Waals surface area contributed by atoms with Crippen molar-refractivity contribution in [3.8, 4) is 11.5 Å². The molecule has 2 aromatic heterocycles. The third-order valence-corrected chi connectivity index (χ3v) is 3.76. The minimum Gasteiger partial charge on any atom is -0.457 e. The summed E-state index contributed by atoms with van der Waals surface area (Å²) in [5.74, 6) is 1.70. The third-order valence-electron chi connectivity index (χ3n) is 3.76. The maximum absolute atomic E-state index is 5.89. The van der Waals surface area contributed by atoms with Gasteiger partial charge in [0, 0.05) is 23.0 Å². The summed E-state index contributed by atoms with van der Waals surface area (Å²) in [6.45, 7) is 0.824. The first-order valence-corrected chi connectivity index (χ1v) is 7.65. The first-order chi connectivity index (χ1) is 11.4. The van der Waals surface area contributed by atoms with Gasteiger partial charge in [-0.2, -0.15) is 4.57 Å². The van der Waals surface area contributed by atoms with Crippen LogP contribution in [-0.2, 0) is 6.54 Å². The van der Waals surface area contributed by atoms with E-state index in [-0.39, 0.29) is 0 Å². The number of hydrogen-bond donors (Lipinski definition) is 1. The number of hydrogen-bond acceptors (Lipinski definition) is 1. The lowest BCUT2D eigenvalue weighted by atomic mass is 10.2. The number of nitrogens with one attached hydrogen (secondary N) is 1. The summed E-state index contributed by atoms with van der Waals surface area (Å²) in [4.78, 5) is 3.46. The molecule has 3 heteroatoms. The molecule has 23 heavy (non-hydrogen) atoms. The van der Waals surface area contributed by atoms with Crippen LogP contribution >= 0.6 is 0 Å². The Labute approximate surface area is 134 Å². The van der Waals surface area contributed by atoms with E-state index in [1.165, 1.54) is 5.69 Å². The van der Waals surface area contributed by atoms with Gasteiger partial charge in [-0.15, -0.1) is 0 Å². The molecule has 0 aliphatic heterocycles. The molecule has 0 saturated heterocycles. The molecule has 112 valence electrons. The maximum Gasteiger partial charge on any atom is 0.188 e. The second-order valence-corrected chi connectivity index (χ2v) is 5.51. The molecule has 4 rings (SSSR count). The maximum atomic E-state index is 5.89. The molecular weight excluding hydrogens is 284 g/mol. The molecule has 4 aromatic rings. The Bertz CT molecular complexity index is 875. The second-order valence-electron chi connectivity index (χ2n) is 5.51. The van der Waals surface area contributed by atoms with Crippen LogP contribution in [0.5, 0.6) is 11.5 Å². The van der Waals surface area contributed by atoms with E-state index in [1.807, 2.05) is 54.6 Å². The van der Waals surface area contributed by atoms with Gasteiger partial charge in [0.15, 0.2) is 18.9 Å². The predicted molar refractivity (Wildman–Crippen MR) is 90.6 cm³/mol. The lowest BCUT2D eigenvalue weighted by Gasteiger charge is -2.04. The molecule has 2 aromatic carbocycles. The van der Waals surface area contributed by atoms with Gasteiger partial charge in [-0.1, -0.05) is 24.3 Å². The Morgan fingerprint density at radius 3 is 2.39 bits per heavy atom. The van der Waals surface area contributed by atoms with Crippen molar-refractivity contribution >= 4 is 10.9 Å². The van der Waals surface area contributed by atoms with E-state index in [1.54, 1.807) is 0 Å². The quantitative estimate of drug-likeness (QED) is 0.560. The average molecular weight is 301 g/mol. The van der Waals surface area contributed by atoms with Crippen LogP contribution in [0, 0.1) is 0 Å². The first kappa shape index (κ1) is 13.6. The number of para-hydroxylation sites is 1. The van der Waals surface area contributed by atoms with Gasteiger partial charge in [0.05, 0.1) is 5.69 Å². The smallest absolute Gasteiger partial charge is 0.188 e. The highest BCUT2D eigenvalue weighted by Crippen LogP contribution is 2.25. The van der Waals surface area contributed by atoms with E-state index in [0.717, 1.165) is 28.9 Å². The molecule has 0 fully saturated rings. The molecule has 2 heterocycles. The summed E-state index contributed by atoms with van der Waals surface area (Å²) in [5, 5.41) is 1.16. The van der Waals surface area contributed by atoms with Gasteiger partial charge < -0.3 is 9.72 Å². The first-order valence-electron chi connectivity index (χ1n) is 7.65. The monoisotopic (exact) mass is 301 g/mol. The number of fused-ring (bicyclic) bond motifs is 1. The van der Waals surface area contributed by atoms with Crippen LogP contribution in [0.3, 0.4) is 0 Å². The number of benzene rings is 2. The molecule has 0 unspecified atom stereocenters. The number of aromatic nitrogens is 2. The average Bonchev–Trinajstić information content (AvgIpc) is 2.98. The zero-order valence-corrected chi connectivity index (χ0v) is 12.6. The zero-order chi connectivity index (χ0) is 15.5. The molecule has 0 aliphatic rings. The third kappa shape index (κ3) is 3.09. The number of pyridine rings is 1. The lowest BCUT2D eigenvalue weighted by molar-refractivity contribution is -0.688. The van der Waals surface area contributed by atoms with E-state index in [0.29, 0.717) is 0 Å². The van der Waals surface area contributed by atoms with E-state index >= 15 is 0 Å². The molecule has 0 radical (unpaired) electrons. The number of nitrogens with zero attached hydrogens (tertiary/aromatic N) is 1. The van der Waals surface area contributed by atoms with Crippen LogP contribution in [0.25, 0.3) is 10.9 Å². The highest BCUT2D eigenvalue weighted by Gasteiger charge is 2.07. The Morgan fingerprint density at radius 1 is 0.783 bits per heavy atom. The molecule has 0 bridgehead atoms.